The van der Waals surface area contributed by atoms with Crippen LogP contribution in [0.25, 0.3) is 0 Å². The first-order chi connectivity index (χ1) is 13.7. The lowest BCUT2D eigenvalue weighted by atomic mass is 10.3. The minimum atomic E-state index is 1.23. The lowest BCUT2D eigenvalue weighted by Crippen LogP contribution is -1.79. The zero-order valence-electron chi connectivity index (χ0n) is 19.8. The maximum Gasteiger partial charge on any atom is 0.00369 e. The first-order valence-electron chi connectivity index (χ1n) is 11.5. The second-order valence-corrected chi connectivity index (χ2v) is 14.7. The standard InChI is InChI=1S/C10H22S2.C8H18S2.C4H10S2/c1-3-5-7-9-11-12-10-8-6-4-2;1-3-5-7-9-10-8-6-4-2;1-3-5-6-4-2/h3-10H2,1-2H3;3-8H2,1-2H3;3-4H2,1-2H3. The normalized spacial score (nSPS) is 10.1. The Balaban J connectivity index is -0.000000354. The molecule has 0 aromatic carbocycles. The largest absolute Gasteiger partial charge is 0.0945 e. The van der Waals surface area contributed by atoms with Gasteiger partial charge < -0.3 is 0 Å². The maximum absolute atomic E-state index is 2.26. The average Bonchev–Trinajstić information content (AvgIpc) is 2.72. The summed E-state index contributed by atoms with van der Waals surface area (Å²) >= 11 is 0. The van der Waals surface area contributed by atoms with Crippen LogP contribution >= 0.6 is 64.8 Å². The van der Waals surface area contributed by atoms with Crippen molar-refractivity contribution in [2.45, 2.75) is 106 Å². The van der Waals surface area contributed by atoms with Crippen LogP contribution in [-0.2, 0) is 0 Å². The number of rotatable bonds is 19. The molecule has 0 saturated carbocycles. The van der Waals surface area contributed by atoms with Gasteiger partial charge in [0.15, 0.2) is 0 Å². The molecule has 0 N–H and O–H groups in total. The van der Waals surface area contributed by atoms with E-state index in [1.165, 1.54) is 98.7 Å². The molecular formula is C22H50S6. The zero-order chi connectivity index (χ0) is 21.6. The summed E-state index contributed by atoms with van der Waals surface area (Å²) in [5.41, 5.74) is 0. The van der Waals surface area contributed by atoms with E-state index in [1.807, 2.05) is 43.2 Å². The predicted molar refractivity (Wildman–Crippen MR) is 155 cm³/mol. The highest BCUT2D eigenvalue weighted by Crippen LogP contribution is 2.24. The van der Waals surface area contributed by atoms with Crippen LogP contribution in [0.1, 0.15) is 106 Å². The van der Waals surface area contributed by atoms with E-state index < -0.39 is 0 Å². The molecule has 0 aliphatic rings. The van der Waals surface area contributed by atoms with E-state index in [2.05, 4.69) is 63.1 Å². The van der Waals surface area contributed by atoms with Gasteiger partial charge in [0.1, 0.15) is 0 Å². The highest BCUT2D eigenvalue weighted by Gasteiger charge is 1.91. The van der Waals surface area contributed by atoms with Crippen LogP contribution in [-0.4, -0.2) is 34.5 Å². The fraction of sp³-hybridized carbons (Fsp3) is 1.00. The van der Waals surface area contributed by atoms with Crippen molar-refractivity contribution >= 4 is 64.8 Å². The maximum atomic E-state index is 2.26. The molecule has 0 rings (SSSR count). The van der Waals surface area contributed by atoms with E-state index in [-0.39, 0.29) is 0 Å². The zero-order valence-corrected chi connectivity index (χ0v) is 24.7. The van der Waals surface area contributed by atoms with Crippen LogP contribution in [0, 0.1) is 0 Å². The van der Waals surface area contributed by atoms with Crippen LogP contribution in [0.4, 0.5) is 0 Å². The Kier molecular flexibility index (Phi) is 49.0. The van der Waals surface area contributed by atoms with Gasteiger partial charge >= 0.3 is 0 Å². The number of hydrogen-bond acceptors (Lipinski definition) is 6. The third-order valence-electron chi connectivity index (χ3n) is 3.31. The highest BCUT2D eigenvalue weighted by molar-refractivity contribution is 8.77. The van der Waals surface area contributed by atoms with Crippen LogP contribution in [0.5, 0.6) is 0 Å². The molecule has 174 valence electrons. The molecule has 0 saturated heterocycles. The molecule has 0 spiro atoms. The fourth-order valence-electron chi connectivity index (χ4n) is 1.63. The third kappa shape index (κ3) is 46.4. The summed E-state index contributed by atoms with van der Waals surface area (Å²) in [7, 11) is 12.0. The Morgan fingerprint density at radius 2 is 0.607 bits per heavy atom. The van der Waals surface area contributed by atoms with Crippen molar-refractivity contribution in [3.05, 3.63) is 0 Å². The summed E-state index contributed by atoms with van der Waals surface area (Å²) in [5.74, 6) is 7.85. The summed E-state index contributed by atoms with van der Waals surface area (Å²) < 4.78 is 0. The molecule has 0 fully saturated rings. The van der Waals surface area contributed by atoms with E-state index in [9.17, 15) is 0 Å². The van der Waals surface area contributed by atoms with E-state index in [0.717, 1.165) is 0 Å². The fourth-order valence-corrected chi connectivity index (χ4v) is 7.72. The topological polar surface area (TPSA) is 0 Å². The third-order valence-corrected chi connectivity index (χ3v) is 11.0. The minimum absolute atomic E-state index is 1.23. The van der Waals surface area contributed by atoms with Gasteiger partial charge in [-0.1, -0.05) is 145 Å². The van der Waals surface area contributed by atoms with Gasteiger partial charge in [0, 0.05) is 34.5 Å². The van der Waals surface area contributed by atoms with Crippen molar-refractivity contribution in [2.24, 2.45) is 0 Å². The molecule has 0 atom stereocenters. The van der Waals surface area contributed by atoms with E-state index in [4.69, 9.17) is 0 Å². The van der Waals surface area contributed by atoms with Crippen molar-refractivity contribution in [3.8, 4) is 0 Å². The smallest absolute Gasteiger partial charge is 0.00369 e. The molecule has 28 heavy (non-hydrogen) atoms. The van der Waals surface area contributed by atoms with Crippen molar-refractivity contribution < 1.29 is 0 Å². The average molecular weight is 507 g/mol. The Bertz CT molecular complexity index is 195. The molecular weight excluding hydrogens is 457 g/mol. The second-order valence-electron chi connectivity index (χ2n) is 6.22. The predicted octanol–water partition coefficient (Wildman–Crippen LogP) is 11.1. The van der Waals surface area contributed by atoms with Crippen molar-refractivity contribution in [1.82, 2.24) is 0 Å². The van der Waals surface area contributed by atoms with Gasteiger partial charge in [-0.15, -0.1) is 0 Å². The number of hydrogen-bond donors (Lipinski definition) is 0. The van der Waals surface area contributed by atoms with Crippen molar-refractivity contribution in [1.29, 1.82) is 0 Å². The summed E-state index contributed by atoms with van der Waals surface area (Å²) in [4.78, 5) is 0. The second kappa shape index (κ2) is 39.6. The summed E-state index contributed by atoms with van der Waals surface area (Å²) in [5, 5.41) is 0. The van der Waals surface area contributed by atoms with E-state index >= 15 is 0 Å². The molecule has 0 radical (unpaired) electrons. The van der Waals surface area contributed by atoms with Gasteiger partial charge in [-0.2, -0.15) is 0 Å². The molecule has 0 amide bonds. The monoisotopic (exact) mass is 506 g/mol. The van der Waals surface area contributed by atoms with Crippen LogP contribution in [0.3, 0.4) is 0 Å². The van der Waals surface area contributed by atoms with Gasteiger partial charge in [0.05, 0.1) is 0 Å². The quantitative estimate of drug-likeness (QED) is 0.125. The lowest BCUT2D eigenvalue weighted by molar-refractivity contribution is 0.778. The Labute approximate surface area is 203 Å². The van der Waals surface area contributed by atoms with Gasteiger partial charge in [-0.25, -0.2) is 0 Å². The summed E-state index contributed by atoms with van der Waals surface area (Å²) in [6.45, 7) is 13.4. The molecule has 0 aliphatic heterocycles. The van der Waals surface area contributed by atoms with E-state index in [0.29, 0.717) is 0 Å². The minimum Gasteiger partial charge on any atom is -0.0945 e. The summed E-state index contributed by atoms with van der Waals surface area (Å²) in [6.07, 6.45) is 13.7. The molecule has 0 aliphatic carbocycles. The first-order valence-corrected chi connectivity index (χ1v) is 18.9. The molecule has 0 heterocycles. The molecule has 0 bridgehead atoms. The molecule has 0 aromatic heterocycles. The first kappa shape index (κ1) is 34.7. The van der Waals surface area contributed by atoms with Gasteiger partial charge in [0.25, 0.3) is 0 Å². The van der Waals surface area contributed by atoms with Gasteiger partial charge in [-0.3, -0.25) is 0 Å². The van der Waals surface area contributed by atoms with Gasteiger partial charge in [0.2, 0.25) is 0 Å². The SMILES string of the molecule is CCCCCSSCCCCC.CCCCSSCCCC.CCSSCC. The highest BCUT2D eigenvalue weighted by atomic mass is 33.1. The molecule has 6 heteroatoms. The molecule has 0 unspecified atom stereocenters. The Hall–Kier alpha value is 2.10. The van der Waals surface area contributed by atoms with Gasteiger partial charge in [-0.05, 0) is 25.7 Å². The number of unbranched alkanes of at least 4 members (excludes halogenated alkanes) is 6. The lowest BCUT2D eigenvalue weighted by Gasteiger charge is -1.99. The van der Waals surface area contributed by atoms with Crippen molar-refractivity contribution in [2.75, 3.05) is 34.5 Å². The summed E-state index contributed by atoms with van der Waals surface area (Å²) in [6, 6.07) is 0. The Morgan fingerprint density at radius 1 is 0.321 bits per heavy atom. The van der Waals surface area contributed by atoms with Crippen LogP contribution in [0.15, 0.2) is 0 Å². The van der Waals surface area contributed by atoms with Crippen LogP contribution < -0.4 is 0 Å². The van der Waals surface area contributed by atoms with Crippen molar-refractivity contribution in [3.63, 3.8) is 0 Å². The van der Waals surface area contributed by atoms with Crippen LogP contribution in [0.2, 0.25) is 0 Å². The molecule has 0 nitrogen and oxygen atoms in total. The molecule has 0 aromatic rings. The Morgan fingerprint density at radius 3 is 0.857 bits per heavy atom. The van der Waals surface area contributed by atoms with E-state index in [1.54, 1.807) is 0 Å².